The first-order valence-corrected chi connectivity index (χ1v) is 6.70. The molecular formula is C13H20N4O2. The van der Waals surface area contributed by atoms with Gasteiger partial charge in [-0.2, -0.15) is 0 Å². The van der Waals surface area contributed by atoms with Gasteiger partial charge in [-0.1, -0.05) is 13.8 Å². The Hall–Kier alpha value is -1.85. The number of imidazole rings is 1. The smallest absolute Gasteiger partial charge is 0.324 e. The zero-order valence-electron chi connectivity index (χ0n) is 11.9. The van der Waals surface area contributed by atoms with E-state index in [9.17, 15) is 9.59 Å². The van der Waals surface area contributed by atoms with Gasteiger partial charge in [0.05, 0.1) is 6.33 Å². The Morgan fingerprint density at radius 1 is 1.21 bits per heavy atom. The Kier molecular flexibility index (Phi) is 3.59. The molecule has 2 aromatic heterocycles. The summed E-state index contributed by atoms with van der Waals surface area (Å²) in [5, 5.41) is 0. The first-order chi connectivity index (χ1) is 9.09. The van der Waals surface area contributed by atoms with Crippen LogP contribution in [0.25, 0.3) is 11.2 Å². The molecule has 19 heavy (non-hydrogen) atoms. The molecule has 0 saturated heterocycles. The zero-order chi connectivity index (χ0) is 14.2. The van der Waals surface area contributed by atoms with E-state index in [-0.39, 0.29) is 11.2 Å². The molecule has 3 rings (SSSR count). The third-order valence-corrected chi connectivity index (χ3v) is 3.37. The minimum absolute atomic E-state index is 0.263. The second-order valence-corrected chi connectivity index (χ2v) is 4.72. The Morgan fingerprint density at radius 3 is 2.42 bits per heavy atom. The lowest BCUT2D eigenvalue weighted by molar-refractivity contribution is 0.634. The highest BCUT2D eigenvalue weighted by Gasteiger charge is 2.24. The van der Waals surface area contributed by atoms with E-state index in [0.717, 1.165) is 11.1 Å². The van der Waals surface area contributed by atoms with Crippen molar-refractivity contribution in [1.82, 2.24) is 18.7 Å². The SMILES string of the molecule is CC.Cn1c(=O)c2c(ncn2CC2CC2)n(C)c1=O. The van der Waals surface area contributed by atoms with E-state index < -0.39 is 0 Å². The summed E-state index contributed by atoms with van der Waals surface area (Å²) in [5.41, 5.74) is 0.403. The lowest BCUT2D eigenvalue weighted by atomic mass is 10.4. The summed E-state index contributed by atoms with van der Waals surface area (Å²) in [6, 6.07) is 0. The summed E-state index contributed by atoms with van der Waals surface area (Å²) < 4.78 is 4.42. The van der Waals surface area contributed by atoms with E-state index in [1.807, 2.05) is 18.4 Å². The van der Waals surface area contributed by atoms with Crippen LogP contribution in [-0.4, -0.2) is 18.7 Å². The van der Waals surface area contributed by atoms with Crippen LogP contribution in [0.4, 0.5) is 0 Å². The standard InChI is InChI=1S/C11H14N4O2.C2H6/c1-13-9-8(10(16)14(2)11(13)17)15(6-12-9)5-7-3-4-7;1-2/h6-7H,3-5H2,1-2H3;1-2H3. The topological polar surface area (TPSA) is 61.8 Å². The minimum atomic E-state index is -0.334. The van der Waals surface area contributed by atoms with Gasteiger partial charge in [-0.05, 0) is 18.8 Å². The van der Waals surface area contributed by atoms with Crippen molar-refractivity contribution in [2.75, 3.05) is 0 Å². The largest absolute Gasteiger partial charge is 0.332 e. The molecule has 1 aliphatic rings. The van der Waals surface area contributed by atoms with Crippen molar-refractivity contribution in [3.63, 3.8) is 0 Å². The minimum Gasteiger partial charge on any atom is -0.324 e. The average Bonchev–Trinajstić information content (AvgIpc) is 3.14. The highest BCUT2D eigenvalue weighted by molar-refractivity contribution is 5.69. The van der Waals surface area contributed by atoms with Gasteiger partial charge in [0.2, 0.25) is 0 Å². The molecule has 1 aliphatic carbocycles. The number of fused-ring (bicyclic) bond motifs is 1. The fourth-order valence-corrected chi connectivity index (χ4v) is 2.11. The van der Waals surface area contributed by atoms with Gasteiger partial charge < -0.3 is 4.57 Å². The van der Waals surface area contributed by atoms with Crippen LogP contribution in [0, 0.1) is 5.92 Å². The third kappa shape index (κ3) is 2.22. The van der Waals surface area contributed by atoms with Crippen LogP contribution in [0.2, 0.25) is 0 Å². The van der Waals surface area contributed by atoms with Crippen LogP contribution in [0.1, 0.15) is 26.7 Å². The molecule has 1 saturated carbocycles. The summed E-state index contributed by atoms with van der Waals surface area (Å²) in [6.07, 6.45) is 4.08. The van der Waals surface area contributed by atoms with Gasteiger partial charge in [0, 0.05) is 20.6 Å². The van der Waals surface area contributed by atoms with Crippen molar-refractivity contribution >= 4 is 11.2 Å². The summed E-state index contributed by atoms with van der Waals surface area (Å²) >= 11 is 0. The Bertz CT molecular complexity index is 704. The molecule has 0 N–H and O–H groups in total. The molecule has 2 heterocycles. The van der Waals surface area contributed by atoms with Crippen LogP contribution < -0.4 is 11.2 Å². The Morgan fingerprint density at radius 2 is 1.84 bits per heavy atom. The van der Waals surface area contributed by atoms with E-state index in [0.29, 0.717) is 17.1 Å². The summed E-state index contributed by atoms with van der Waals surface area (Å²) in [4.78, 5) is 28.0. The van der Waals surface area contributed by atoms with Gasteiger partial charge >= 0.3 is 5.69 Å². The summed E-state index contributed by atoms with van der Waals surface area (Å²) in [6.45, 7) is 4.82. The molecule has 0 aromatic carbocycles. The van der Waals surface area contributed by atoms with Gasteiger partial charge in [-0.15, -0.1) is 0 Å². The first kappa shape index (κ1) is 13.6. The maximum absolute atomic E-state index is 12.1. The predicted octanol–water partition coefficient (Wildman–Crippen LogP) is 0.870. The molecule has 0 unspecified atom stereocenters. The number of rotatable bonds is 2. The fraction of sp³-hybridized carbons (Fsp3) is 0.615. The summed E-state index contributed by atoms with van der Waals surface area (Å²) in [5.74, 6) is 0.661. The van der Waals surface area contributed by atoms with E-state index in [2.05, 4.69) is 4.98 Å². The van der Waals surface area contributed by atoms with Crippen LogP contribution in [0.3, 0.4) is 0 Å². The molecule has 1 fully saturated rings. The highest BCUT2D eigenvalue weighted by Crippen LogP contribution is 2.31. The average molecular weight is 264 g/mol. The molecule has 6 heteroatoms. The molecule has 104 valence electrons. The molecule has 6 nitrogen and oxygen atoms in total. The van der Waals surface area contributed by atoms with E-state index in [4.69, 9.17) is 0 Å². The van der Waals surface area contributed by atoms with Crippen LogP contribution in [0.5, 0.6) is 0 Å². The van der Waals surface area contributed by atoms with Crippen molar-refractivity contribution < 1.29 is 0 Å². The van der Waals surface area contributed by atoms with E-state index in [1.54, 1.807) is 13.4 Å². The van der Waals surface area contributed by atoms with Crippen molar-refractivity contribution in [3.8, 4) is 0 Å². The molecule has 0 spiro atoms. The molecule has 0 radical (unpaired) electrons. The third-order valence-electron chi connectivity index (χ3n) is 3.37. The Labute approximate surface area is 111 Å². The first-order valence-electron chi connectivity index (χ1n) is 6.70. The quantitative estimate of drug-likeness (QED) is 0.808. The van der Waals surface area contributed by atoms with Gasteiger partial charge in [0.25, 0.3) is 5.56 Å². The van der Waals surface area contributed by atoms with Crippen LogP contribution >= 0.6 is 0 Å². The highest BCUT2D eigenvalue weighted by atomic mass is 16.2. The normalized spacial score (nSPS) is 14.3. The summed E-state index contributed by atoms with van der Waals surface area (Å²) in [7, 11) is 3.14. The predicted molar refractivity (Wildman–Crippen MR) is 74.3 cm³/mol. The fourth-order valence-electron chi connectivity index (χ4n) is 2.11. The molecule has 0 aliphatic heterocycles. The molecule has 2 aromatic rings. The number of nitrogens with zero attached hydrogens (tertiary/aromatic N) is 4. The molecule has 0 amide bonds. The van der Waals surface area contributed by atoms with Gasteiger partial charge in [0.15, 0.2) is 11.2 Å². The van der Waals surface area contributed by atoms with Gasteiger partial charge in [-0.25, -0.2) is 9.78 Å². The number of aromatic nitrogens is 4. The molecule has 0 atom stereocenters. The lowest BCUT2D eigenvalue weighted by Crippen LogP contribution is -2.37. The monoisotopic (exact) mass is 264 g/mol. The van der Waals surface area contributed by atoms with Crippen LogP contribution in [0.15, 0.2) is 15.9 Å². The van der Waals surface area contributed by atoms with E-state index >= 15 is 0 Å². The molecule has 0 bridgehead atoms. The second-order valence-electron chi connectivity index (χ2n) is 4.72. The van der Waals surface area contributed by atoms with Crippen molar-refractivity contribution in [2.45, 2.75) is 33.2 Å². The maximum Gasteiger partial charge on any atom is 0.332 e. The molecular weight excluding hydrogens is 244 g/mol. The zero-order valence-corrected chi connectivity index (χ0v) is 11.9. The van der Waals surface area contributed by atoms with Crippen LogP contribution in [-0.2, 0) is 20.6 Å². The van der Waals surface area contributed by atoms with E-state index in [1.165, 1.54) is 24.5 Å². The second kappa shape index (κ2) is 5.03. The maximum atomic E-state index is 12.1. The van der Waals surface area contributed by atoms with Gasteiger partial charge in [-0.3, -0.25) is 13.9 Å². The number of hydrogen-bond donors (Lipinski definition) is 0. The number of aryl methyl sites for hydroxylation is 1. The lowest BCUT2D eigenvalue weighted by Gasteiger charge is -2.05. The van der Waals surface area contributed by atoms with Crippen molar-refractivity contribution in [3.05, 3.63) is 27.2 Å². The van der Waals surface area contributed by atoms with Gasteiger partial charge in [0.1, 0.15) is 0 Å². The van der Waals surface area contributed by atoms with Crippen molar-refractivity contribution in [2.24, 2.45) is 20.0 Å². The number of hydrogen-bond acceptors (Lipinski definition) is 3. The Balaban J connectivity index is 0.000000637. The van der Waals surface area contributed by atoms with Crippen molar-refractivity contribution in [1.29, 1.82) is 0 Å².